The van der Waals surface area contributed by atoms with E-state index in [4.69, 9.17) is 5.11 Å². The zero-order valence-corrected chi connectivity index (χ0v) is 12.8. The topological polar surface area (TPSA) is 57.6 Å². The summed E-state index contributed by atoms with van der Waals surface area (Å²) in [6.45, 7) is -0.160. The highest BCUT2D eigenvalue weighted by atomic mass is 32.1. The monoisotopic (exact) mass is 351 g/mol. The van der Waals surface area contributed by atoms with E-state index in [1.165, 1.54) is 17.4 Å². The van der Waals surface area contributed by atoms with Gasteiger partial charge in [-0.05, 0) is 34.0 Å². The number of aliphatic carboxylic acids is 1. The Balaban J connectivity index is 2.28. The summed E-state index contributed by atoms with van der Waals surface area (Å²) in [5.41, 5.74) is 1.24. The lowest BCUT2D eigenvalue weighted by molar-refractivity contribution is -0.185. The number of halogens is 3. The number of hydrogen-bond donors (Lipinski definition) is 2. The second-order valence-corrected chi connectivity index (χ2v) is 5.88. The summed E-state index contributed by atoms with van der Waals surface area (Å²) in [5, 5.41) is 12.7. The van der Waals surface area contributed by atoms with Crippen molar-refractivity contribution in [2.45, 2.75) is 12.2 Å². The lowest BCUT2D eigenvalue weighted by Gasteiger charge is -2.27. The van der Waals surface area contributed by atoms with Crippen LogP contribution >= 0.6 is 24.0 Å². The van der Waals surface area contributed by atoms with Crippen LogP contribution in [0.5, 0.6) is 0 Å². The first-order chi connectivity index (χ1) is 10.3. The second kappa shape index (κ2) is 6.33. The zero-order chi connectivity index (χ0) is 16.5. The number of thiol groups is 1. The van der Waals surface area contributed by atoms with Crippen molar-refractivity contribution < 1.29 is 27.9 Å². The Morgan fingerprint density at radius 2 is 2.18 bits per heavy atom. The number of alkyl halides is 3. The number of carboxylic acids is 1. The lowest BCUT2D eigenvalue weighted by atomic mass is 10.1. The predicted molar refractivity (Wildman–Crippen MR) is 78.8 cm³/mol. The van der Waals surface area contributed by atoms with Gasteiger partial charge < -0.3 is 10.0 Å². The zero-order valence-electron chi connectivity index (χ0n) is 11.1. The van der Waals surface area contributed by atoms with Gasteiger partial charge in [0.15, 0.2) is 0 Å². The summed E-state index contributed by atoms with van der Waals surface area (Å²) in [5.74, 6) is -5.66. The Labute approximate surface area is 133 Å². The molecule has 2 atom stereocenters. The molecule has 2 heterocycles. The third-order valence-corrected chi connectivity index (χ3v) is 4.39. The smallest absolute Gasteiger partial charge is 0.401 e. The van der Waals surface area contributed by atoms with Crippen molar-refractivity contribution in [1.82, 2.24) is 4.90 Å². The van der Waals surface area contributed by atoms with Crippen molar-refractivity contribution in [1.29, 1.82) is 0 Å². The van der Waals surface area contributed by atoms with Crippen LogP contribution in [0.4, 0.5) is 13.2 Å². The molecule has 22 heavy (non-hydrogen) atoms. The number of amides is 1. The van der Waals surface area contributed by atoms with Gasteiger partial charge >= 0.3 is 12.1 Å². The maximum atomic E-state index is 12.9. The average Bonchev–Trinajstić information content (AvgIpc) is 3.06. The van der Waals surface area contributed by atoms with Crippen LogP contribution in [0.2, 0.25) is 0 Å². The molecule has 2 rings (SSSR count). The molecule has 0 bridgehead atoms. The number of carboxylic acid groups (broad SMARTS) is 1. The fourth-order valence-corrected chi connectivity index (χ4v) is 3.23. The molecule has 1 N–H and O–H groups in total. The van der Waals surface area contributed by atoms with E-state index in [0.717, 1.165) is 4.90 Å². The molecule has 9 heteroatoms. The molecule has 1 aliphatic rings. The number of carbonyl (C=O) groups excluding carboxylic acids is 1. The van der Waals surface area contributed by atoms with Crippen LogP contribution in [-0.2, 0) is 9.59 Å². The van der Waals surface area contributed by atoms with Gasteiger partial charge in [0, 0.05) is 12.3 Å². The highest BCUT2D eigenvalue weighted by molar-refractivity contribution is 7.80. The van der Waals surface area contributed by atoms with E-state index < -0.39 is 35.8 Å². The molecule has 1 aromatic heterocycles. The molecule has 1 aromatic rings. The van der Waals surface area contributed by atoms with Crippen molar-refractivity contribution in [2.75, 3.05) is 12.3 Å². The molecule has 0 aliphatic carbocycles. The second-order valence-electron chi connectivity index (χ2n) is 4.73. The molecule has 0 radical (unpaired) electrons. The van der Waals surface area contributed by atoms with E-state index in [2.05, 4.69) is 12.6 Å². The fraction of sp³-hybridized carbons (Fsp3) is 0.385. The number of thiophene rings is 1. The Kier molecular flexibility index (Phi) is 4.86. The predicted octanol–water partition coefficient (Wildman–Crippen LogP) is 2.54. The van der Waals surface area contributed by atoms with Crippen molar-refractivity contribution in [3.8, 4) is 0 Å². The summed E-state index contributed by atoms with van der Waals surface area (Å²) in [6.07, 6.45) is -3.44. The molecular formula is C13H12F3NO3S2. The van der Waals surface area contributed by atoms with Crippen molar-refractivity contribution in [3.05, 3.63) is 28.5 Å². The van der Waals surface area contributed by atoms with Crippen LogP contribution in [0.25, 0.3) is 5.57 Å². The molecule has 1 amide bonds. The molecule has 0 fully saturated rings. The first kappa shape index (κ1) is 16.9. The van der Waals surface area contributed by atoms with Gasteiger partial charge in [-0.15, -0.1) is 0 Å². The molecule has 4 nitrogen and oxygen atoms in total. The van der Waals surface area contributed by atoms with E-state index in [9.17, 15) is 22.8 Å². The van der Waals surface area contributed by atoms with E-state index >= 15 is 0 Å². The number of rotatable bonds is 4. The van der Waals surface area contributed by atoms with E-state index in [1.54, 1.807) is 16.8 Å². The maximum absolute atomic E-state index is 12.9. The summed E-state index contributed by atoms with van der Waals surface area (Å²) in [4.78, 5) is 24.1. The van der Waals surface area contributed by atoms with Crippen LogP contribution in [0.3, 0.4) is 0 Å². The Bertz CT molecular complexity index is 598. The SMILES string of the molecule is O=C(O)C1C=C(c2ccsc2)CN1C(=O)C(CS)C(F)(F)F. The summed E-state index contributed by atoms with van der Waals surface area (Å²) >= 11 is 4.95. The van der Waals surface area contributed by atoms with Gasteiger partial charge in [-0.3, -0.25) is 4.79 Å². The van der Waals surface area contributed by atoms with E-state index in [-0.39, 0.29) is 6.54 Å². The maximum Gasteiger partial charge on any atom is 0.401 e. The largest absolute Gasteiger partial charge is 0.479 e. The lowest BCUT2D eigenvalue weighted by Crippen LogP contribution is -2.48. The third kappa shape index (κ3) is 3.30. The molecule has 0 saturated heterocycles. The molecule has 0 saturated carbocycles. The highest BCUT2D eigenvalue weighted by Gasteiger charge is 2.48. The minimum Gasteiger partial charge on any atom is -0.479 e. The van der Waals surface area contributed by atoms with Gasteiger partial charge in [-0.25, -0.2) is 4.79 Å². The molecular weight excluding hydrogens is 339 g/mol. The summed E-state index contributed by atoms with van der Waals surface area (Å²) < 4.78 is 38.6. The normalized spacial score (nSPS) is 19.9. The minimum atomic E-state index is -4.76. The number of hydrogen-bond acceptors (Lipinski definition) is 4. The quantitative estimate of drug-likeness (QED) is 0.820. The number of nitrogens with zero attached hydrogens (tertiary/aromatic N) is 1. The third-order valence-electron chi connectivity index (χ3n) is 3.34. The molecule has 1 aliphatic heterocycles. The van der Waals surface area contributed by atoms with Crippen molar-refractivity contribution in [3.63, 3.8) is 0 Å². The van der Waals surface area contributed by atoms with Gasteiger partial charge in [-0.2, -0.15) is 37.1 Å². The molecule has 120 valence electrons. The summed E-state index contributed by atoms with van der Waals surface area (Å²) in [7, 11) is 0. The van der Waals surface area contributed by atoms with Crippen LogP contribution < -0.4 is 0 Å². The van der Waals surface area contributed by atoms with Crippen LogP contribution in [0.15, 0.2) is 22.9 Å². The van der Waals surface area contributed by atoms with Crippen molar-refractivity contribution >= 4 is 41.4 Å². The molecule has 2 unspecified atom stereocenters. The van der Waals surface area contributed by atoms with Gasteiger partial charge in [0.2, 0.25) is 5.91 Å². The Morgan fingerprint density at radius 1 is 1.50 bits per heavy atom. The van der Waals surface area contributed by atoms with Gasteiger partial charge in [0.1, 0.15) is 12.0 Å². The van der Waals surface area contributed by atoms with Crippen LogP contribution in [-0.4, -0.2) is 46.4 Å². The highest BCUT2D eigenvalue weighted by Crippen LogP contribution is 2.33. The van der Waals surface area contributed by atoms with Crippen LogP contribution in [0.1, 0.15) is 5.56 Å². The standard InChI is InChI=1S/C13H12F3NO3S2/c14-13(15,16)9(5-21)11(18)17-4-8(3-10(17)12(19)20)7-1-2-22-6-7/h1-3,6,9-10,21H,4-5H2,(H,19,20). The van der Waals surface area contributed by atoms with E-state index in [0.29, 0.717) is 11.1 Å². The number of carbonyl (C=O) groups is 2. The van der Waals surface area contributed by atoms with Crippen molar-refractivity contribution in [2.24, 2.45) is 5.92 Å². The first-order valence-electron chi connectivity index (χ1n) is 6.19. The minimum absolute atomic E-state index is 0.160. The van der Waals surface area contributed by atoms with Crippen LogP contribution in [0, 0.1) is 5.92 Å². The fourth-order valence-electron chi connectivity index (χ4n) is 2.19. The van der Waals surface area contributed by atoms with Gasteiger partial charge in [-0.1, -0.05) is 0 Å². The summed E-state index contributed by atoms with van der Waals surface area (Å²) in [6, 6.07) is 0.329. The first-order valence-corrected chi connectivity index (χ1v) is 7.77. The Hall–Kier alpha value is -1.48. The average molecular weight is 351 g/mol. The van der Waals surface area contributed by atoms with E-state index in [1.807, 2.05) is 0 Å². The van der Waals surface area contributed by atoms with Gasteiger partial charge in [0.25, 0.3) is 0 Å². The molecule has 0 aromatic carbocycles. The Morgan fingerprint density at radius 3 is 2.64 bits per heavy atom. The van der Waals surface area contributed by atoms with Gasteiger partial charge in [0.05, 0.1) is 0 Å². The molecule has 0 spiro atoms.